The summed E-state index contributed by atoms with van der Waals surface area (Å²) in [4.78, 5) is 11.2. The minimum atomic E-state index is -1.73. The maximum atomic E-state index is 11.2. The van der Waals surface area contributed by atoms with E-state index in [2.05, 4.69) is 0 Å². The van der Waals surface area contributed by atoms with Gasteiger partial charge in [-0.1, -0.05) is 6.92 Å². The van der Waals surface area contributed by atoms with Crippen LogP contribution in [-0.2, 0) is 9.22 Å². The van der Waals surface area contributed by atoms with Crippen molar-refractivity contribution in [2.75, 3.05) is 0 Å². The molecule has 0 saturated heterocycles. The molecule has 0 saturated carbocycles. The summed E-state index contributed by atoms with van der Waals surface area (Å²) in [5.41, 5.74) is -0.769. The fourth-order valence-corrected chi connectivity index (χ4v) is 2.88. The fraction of sp³-hybridized carbons (Fsp3) is 0.727. The quantitative estimate of drug-likeness (QED) is 0.448. The first-order chi connectivity index (χ1) is 6.58. The van der Waals surface area contributed by atoms with Gasteiger partial charge in [-0.25, -0.2) is 0 Å². The first kappa shape index (κ1) is 14.4. The van der Waals surface area contributed by atoms with Crippen LogP contribution in [0.2, 0.25) is 19.6 Å². The number of allylic oxidation sites excluding steroid dienone is 1. The van der Waals surface area contributed by atoms with Gasteiger partial charge >= 0.3 is 0 Å². The van der Waals surface area contributed by atoms with E-state index in [0.717, 1.165) is 0 Å². The molecule has 0 aliphatic carbocycles. The minimum absolute atomic E-state index is 0.0109. The minimum Gasteiger partial charge on any atom is -0.509 e. The molecule has 0 bridgehead atoms. The van der Waals surface area contributed by atoms with E-state index in [0.29, 0.717) is 6.42 Å². The number of aliphatic hydroxyl groups is 1. The molecular formula is C11H22O3Si. The van der Waals surface area contributed by atoms with E-state index in [1.165, 1.54) is 6.08 Å². The topological polar surface area (TPSA) is 46.5 Å². The van der Waals surface area contributed by atoms with Crippen LogP contribution in [0.1, 0.15) is 27.2 Å². The van der Waals surface area contributed by atoms with Crippen LogP contribution in [0.25, 0.3) is 0 Å². The summed E-state index contributed by atoms with van der Waals surface area (Å²) in [7, 11) is -1.73. The number of hydrogen-bond acceptors (Lipinski definition) is 3. The number of hydrogen-bond donors (Lipinski definition) is 1. The molecule has 88 valence electrons. The van der Waals surface area contributed by atoms with Crippen molar-refractivity contribution < 1.29 is 14.3 Å². The van der Waals surface area contributed by atoms with Crippen LogP contribution in [-0.4, -0.2) is 24.8 Å². The molecule has 0 spiro atoms. The smallest absolute Gasteiger partial charge is 0.185 e. The number of ketones is 1. The van der Waals surface area contributed by atoms with Crippen molar-refractivity contribution in [2.24, 2.45) is 0 Å². The number of aliphatic hydroxyl groups excluding tert-OH is 1. The molecule has 0 rings (SSSR count). The van der Waals surface area contributed by atoms with E-state index in [9.17, 15) is 9.90 Å². The molecule has 15 heavy (non-hydrogen) atoms. The summed E-state index contributed by atoms with van der Waals surface area (Å²) in [6.45, 7) is 11.5. The lowest BCUT2D eigenvalue weighted by Gasteiger charge is -2.32. The second-order valence-corrected chi connectivity index (χ2v) is 9.50. The maximum Gasteiger partial charge on any atom is 0.185 e. The summed E-state index contributed by atoms with van der Waals surface area (Å²) < 4.78 is 5.80. The SMILES string of the molecule is CCC(=O)/C=C(\O)C(C)(C)O[Si](C)(C)C. The highest BCUT2D eigenvalue weighted by Crippen LogP contribution is 2.23. The highest BCUT2D eigenvalue weighted by molar-refractivity contribution is 6.69. The summed E-state index contributed by atoms with van der Waals surface area (Å²) >= 11 is 0. The lowest BCUT2D eigenvalue weighted by Crippen LogP contribution is -2.40. The van der Waals surface area contributed by atoms with E-state index in [1.807, 2.05) is 19.6 Å². The van der Waals surface area contributed by atoms with Crippen molar-refractivity contribution in [3.63, 3.8) is 0 Å². The molecule has 0 radical (unpaired) electrons. The van der Waals surface area contributed by atoms with E-state index in [1.54, 1.807) is 20.8 Å². The third kappa shape index (κ3) is 5.74. The number of rotatable bonds is 5. The first-order valence-electron chi connectivity index (χ1n) is 5.22. The molecule has 0 unspecified atom stereocenters. The Balaban J connectivity index is 4.73. The molecule has 4 heteroatoms. The third-order valence-electron chi connectivity index (χ3n) is 1.82. The zero-order chi connectivity index (χ0) is 12.3. The molecule has 0 aromatic rings. The number of carbonyl (C=O) groups excluding carboxylic acids is 1. The Kier molecular flexibility index (Phi) is 4.74. The van der Waals surface area contributed by atoms with Crippen molar-refractivity contribution in [3.8, 4) is 0 Å². The predicted octanol–water partition coefficient (Wildman–Crippen LogP) is 3.04. The molecule has 0 aromatic heterocycles. The Morgan fingerprint density at radius 1 is 1.40 bits per heavy atom. The molecule has 0 amide bonds. The monoisotopic (exact) mass is 230 g/mol. The zero-order valence-electron chi connectivity index (χ0n) is 10.5. The Hall–Kier alpha value is -0.613. The van der Waals surface area contributed by atoms with Gasteiger partial charge < -0.3 is 9.53 Å². The van der Waals surface area contributed by atoms with Gasteiger partial charge in [0.05, 0.1) is 0 Å². The second kappa shape index (κ2) is 4.94. The second-order valence-electron chi connectivity index (χ2n) is 5.07. The number of carbonyl (C=O) groups is 1. The van der Waals surface area contributed by atoms with E-state index < -0.39 is 13.9 Å². The van der Waals surface area contributed by atoms with Crippen LogP contribution < -0.4 is 0 Å². The maximum absolute atomic E-state index is 11.2. The van der Waals surface area contributed by atoms with Crippen molar-refractivity contribution >= 4 is 14.1 Å². The Labute approximate surface area is 93.3 Å². The first-order valence-corrected chi connectivity index (χ1v) is 8.63. The molecule has 3 nitrogen and oxygen atoms in total. The Bertz CT molecular complexity index is 261. The van der Waals surface area contributed by atoms with Crippen molar-refractivity contribution in [1.29, 1.82) is 0 Å². The van der Waals surface area contributed by atoms with Crippen molar-refractivity contribution in [3.05, 3.63) is 11.8 Å². The standard InChI is InChI=1S/C11H22O3Si/c1-7-9(12)8-10(13)11(2,3)14-15(4,5)6/h8,13H,7H2,1-6H3/b10-8-. The van der Waals surface area contributed by atoms with Gasteiger partial charge in [-0.05, 0) is 33.5 Å². The Morgan fingerprint density at radius 3 is 2.20 bits per heavy atom. The fourth-order valence-electron chi connectivity index (χ4n) is 1.25. The van der Waals surface area contributed by atoms with Crippen LogP contribution in [0.5, 0.6) is 0 Å². The molecule has 0 atom stereocenters. The lowest BCUT2D eigenvalue weighted by atomic mass is 10.1. The highest BCUT2D eigenvalue weighted by atomic mass is 28.4. The van der Waals surface area contributed by atoms with Crippen LogP contribution in [0, 0.1) is 0 Å². The lowest BCUT2D eigenvalue weighted by molar-refractivity contribution is -0.114. The third-order valence-corrected chi connectivity index (χ3v) is 2.95. The summed E-state index contributed by atoms with van der Waals surface area (Å²) in [5, 5.41) is 9.78. The average molecular weight is 230 g/mol. The van der Waals surface area contributed by atoms with Crippen LogP contribution in [0.3, 0.4) is 0 Å². The van der Waals surface area contributed by atoms with Gasteiger partial charge in [-0.3, -0.25) is 4.79 Å². The van der Waals surface area contributed by atoms with Crippen LogP contribution >= 0.6 is 0 Å². The van der Waals surface area contributed by atoms with Gasteiger partial charge in [-0.15, -0.1) is 0 Å². The van der Waals surface area contributed by atoms with E-state index in [-0.39, 0.29) is 11.5 Å². The van der Waals surface area contributed by atoms with E-state index in [4.69, 9.17) is 4.43 Å². The summed E-state index contributed by atoms with van der Waals surface area (Å²) in [5.74, 6) is -0.0727. The molecule has 0 aliphatic heterocycles. The molecule has 0 aliphatic rings. The Morgan fingerprint density at radius 2 is 1.87 bits per heavy atom. The molecular weight excluding hydrogens is 208 g/mol. The molecule has 0 heterocycles. The summed E-state index contributed by atoms with van der Waals surface area (Å²) in [6.07, 6.45) is 1.66. The van der Waals surface area contributed by atoms with E-state index >= 15 is 0 Å². The van der Waals surface area contributed by atoms with Crippen LogP contribution in [0.4, 0.5) is 0 Å². The van der Waals surface area contributed by atoms with Crippen molar-refractivity contribution in [1.82, 2.24) is 0 Å². The molecule has 0 aromatic carbocycles. The van der Waals surface area contributed by atoms with Gasteiger partial charge in [0.15, 0.2) is 14.1 Å². The van der Waals surface area contributed by atoms with Crippen molar-refractivity contribution in [2.45, 2.75) is 52.4 Å². The van der Waals surface area contributed by atoms with Gasteiger partial charge in [0.1, 0.15) is 11.4 Å². The van der Waals surface area contributed by atoms with Gasteiger partial charge in [0.2, 0.25) is 0 Å². The van der Waals surface area contributed by atoms with Crippen LogP contribution in [0.15, 0.2) is 11.8 Å². The molecule has 0 fully saturated rings. The van der Waals surface area contributed by atoms with Gasteiger partial charge in [0.25, 0.3) is 0 Å². The predicted molar refractivity (Wildman–Crippen MR) is 64.5 cm³/mol. The average Bonchev–Trinajstić information content (AvgIpc) is 1.99. The largest absolute Gasteiger partial charge is 0.509 e. The zero-order valence-corrected chi connectivity index (χ0v) is 11.5. The highest BCUT2D eigenvalue weighted by Gasteiger charge is 2.31. The summed E-state index contributed by atoms with van der Waals surface area (Å²) in [6, 6.07) is 0. The van der Waals surface area contributed by atoms with Gasteiger partial charge in [-0.2, -0.15) is 0 Å². The molecule has 1 N–H and O–H groups in total. The normalized spacial score (nSPS) is 14.1. The van der Waals surface area contributed by atoms with Gasteiger partial charge in [0, 0.05) is 12.5 Å².